The van der Waals surface area contributed by atoms with Crippen LogP contribution in [-0.2, 0) is 6.54 Å². The molecule has 96 valence electrons. The van der Waals surface area contributed by atoms with Crippen molar-refractivity contribution in [3.63, 3.8) is 0 Å². The van der Waals surface area contributed by atoms with Crippen molar-refractivity contribution in [3.05, 3.63) is 47.3 Å². The van der Waals surface area contributed by atoms with Crippen LogP contribution in [0.1, 0.15) is 30.6 Å². The molecule has 1 aromatic heterocycles. The number of aromatic nitrogens is 3. The Morgan fingerprint density at radius 3 is 2.56 bits per heavy atom. The number of rotatable bonds is 4. The van der Waals surface area contributed by atoms with Crippen LogP contribution in [-0.4, -0.2) is 15.0 Å². The maximum atomic E-state index is 13.1. The minimum Gasteiger partial charge on any atom is -0.319 e. The van der Waals surface area contributed by atoms with Crippen LogP contribution in [0.5, 0.6) is 0 Å². The van der Waals surface area contributed by atoms with Gasteiger partial charge < -0.3 is 5.73 Å². The molecule has 2 aromatic rings. The first-order chi connectivity index (χ1) is 8.61. The molecule has 1 heterocycles. The fourth-order valence-electron chi connectivity index (χ4n) is 1.82. The Kier molecular flexibility index (Phi) is 3.66. The third-order valence-electron chi connectivity index (χ3n) is 2.65. The quantitative estimate of drug-likeness (QED) is 0.905. The summed E-state index contributed by atoms with van der Waals surface area (Å²) >= 11 is 0. The van der Waals surface area contributed by atoms with E-state index in [4.69, 9.17) is 5.73 Å². The molecular formula is C12H14F2N4. The van der Waals surface area contributed by atoms with E-state index < -0.39 is 17.7 Å². The van der Waals surface area contributed by atoms with Gasteiger partial charge in [-0.15, -0.1) is 5.10 Å². The van der Waals surface area contributed by atoms with E-state index in [-0.39, 0.29) is 0 Å². The van der Waals surface area contributed by atoms with Crippen LogP contribution in [0.15, 0.2) is 24.4 Å². The van der Waals surface area contributed by atoms with Crippen molar-refractivity contribution >= 4 is 0 Å². The van der Waals surface area contributed by atoms with E-state index in [2.05, 4.69) is 10.3 Å². The summed E-state index contributed by atoms with van der Waals surface area (Å²) in [7, 11) is 0. The Labute approximate surface area is 103 Å². The van der Waals surface area contributed by atoms with Gasteiger partial charge in [-0.05, 0) is 24.1 Å². The summed E-state index contributed by atoms with van der Waals surface area (Å²) in [6.07, 6.45) is 2.39. The van der Waals surface area contributed by atoms with Crippen molar-refractivity contribution in [2.45, 2.75) is 25.9 Å². The summed E-state index contributed by atoms with van der Waals surface area (Å²) < 4.78 is 27.9. The maximum Gasteiger partial charge on any atom is 0.126 e. The predicted octanol–water partition coefficient (Wildman–Crippen LogP) is 2.01. The van der Waals surface area contributed by atoms with Crippen LogP contribution >= 0.6 is 0 Å². The molecule has 0 saturated heterocycles. The van der Waals surface area contributed by atoms with Crippen LogP contribution in [0.4, 0.5) is 8.78 Å². The molecule has 2 rings (SSSR count). The van der Waals surface area contributed by atoms with Gasteiger partial charge in [-0.25, -0.2) is 13.5 Å². The topological polar surface area (TPSA) is 56.7 Å². The van der Waals surface area contributed by atoms with Gasteiger partial charge in [-0.3, -0.25) is 0 Å². The van der Waals surface area contributed by atoms with Gasteiger partial charge in [0.1, 0.15) is 11.6 Å². The Hall–Kier alpha value is -1.82. The summed E-state index contributed by atoms with van der Waals surface area (Å²) in [5.41, 5.74) is 7.00. The molecule has 0 fully saturated rings. The first kappa shape index (κ1) is 12.6. The second-order valence-electron chi connectivity index (χ2n) is 4.06. The van der Waals surface area contributed by atoms with Gasteiger partial charge in [-0.2, -0.15) is 0 Å². The van der Waals surface area contributed by atoms with Crippen LogP contribution < -0.4 is 5.73 Å². The molecule has 2 N–H and O–H groups in total. The fourth-order valence-corrected chi connectivity index (χ4v) is 1.82. The number of nitrogens with zero attached hydrogens (tertiary/aromatic N) is 3. The normalized spacial score (nSPS) is 12.7. The summed E-state index contributed by atoms with van der Waals surface area (Å²) in [5.74, 6) is -1.29. The standard InChI is InChI=1S/C12H14F2N4/c1-2-3-18-11(7-16-17-18)12(15)8-4-9(13)6-10(14)5-8/h4-7,12H,2-3,15H2,1H3. The van der Waals surface area contributed by atoms with Crippen molar-refractivity contribution in [1.82, 2.24) is 15.0 Å². The zero-order chi connectivity index (χ0) is 13.1. The van der Waals surface area contributed by atoms with Gasteiger partial charge in [0.05, 0.1) is 17.9 Å². The molecule has 0 radical (unpaired) electrons. The molecule has 0 spiro atoms. The summed E-state index contributed by atoms with van der Waals surface area (Å²) in [6, 6.07) is 2.61. The zero-order valence-electron chi connectivity index (χ0n) is 9.98. The van der Waals surface area contributed by atoms with Crippen LogP contribution in [0.25, 0.3) is 0 Å². The first-order valence-corrected chi connectivity index (χ1v) is 5.71. The van der Waals surface area contributed by atoms with Gasteiger partial charge >= 0.3 is 0 Å². The molecule has 0 saturated carbocycles. The Morgan fingerprint density at radius 2 is 1.94 bits per heavy atom. The van der Waals surface area contributed by atoms with E-state index in [1.54, 1.807) is 4.68 Å². The highest BCUT2D eigenvalue weighted by Crippen LogP contribution is 2.20. The highest BCUT2D eigenvalue weighted by atomic mass is 19.1. The van der Waals surface area contributed by atoms with E-state index in [1.807, 2.05) is 6.92 Å². The molecule has 0 aliphatic rings. The third-order valence-corrected chi connectivity index (χ3v) is 2.65. The van der Waals surface area contributed by atoms with Gasteiger partial charge in [0, 0.05) is 12.6 Å². The number of aryl methyl sites for hydroxylation is 1. The van der Waals surface area contributed by atoms with Crippen molar-refractivity contribution in [2.24, 2.45) is 5.73 Å². The van der Waals surface area contributed by atoms with Crippen molar-refractivity contribution in [1.29, 1.82) is 0 Å². The van der Waals surface area contributed by atoms with Gasteiger partial charge in [0.15, 0.2) is 0 Å². The molecule has 1 aromatic carbocycles. The fraction of sp³-hybridized carbons (Fsp3) is 0.333. The smallest absolute Gasteiger partial charge is 0.126 e. The molecule has 6 heteroatoms. The summed E-state index contributed by atoms with van der Waals surface area (Å²) in [6.45, 7) is 2.67. The SMILES string of the molecule is CCCn1nncc1C(N)c1cc(F)cc(F)c1. The molecule has 0 aliphatic carbocycles. The predicted molar refractivity (Wildman–Crippen MR) is 62.7 cm³/mol. The van der Waals surface area contributed by atoms with Gasteiger partial charge in [0.25, 0.3) is 0 Å². The lowest BCUT2D eigenvalue weighted by Crippen LogP contribution is -2.18. The summed E-state index contributed by atoms with van der Waals surface area (Å²) in [5, 5.41) is 7.67. The minimum atomic E-state index is -0.644. The second-order valence-corrected chi connectivity index (χ2v) is 4.06. The van der Waals surface area contributed by atoms with Crippen LogP contribution in [0, 0.1) is 11.6 Å². The molecule has 0 aliphatic heterocycles. The molecular weight excluding hydrogens is 238 g/mol. The van der Waals surface area contributed by atoms with E-state index in [1.165, 1.54) is 18.3 Å². The average Bonchev–Trinajstić information content (AvgIpc) is 2.75. The lowest BCUT2D eigenvalue weighted by molar-refractivity contribution is 0.539. The van der Waals surface area contributed by atoms with Crippen LogP contribution in [0.3, 0.4) is 0 Å². The molecule has 1 unspecified atom stereocenters. The molecule has 0 amide bonds. The van der Waals surface area contributed by atoms with Gasteiger partial charge in [-0.1, -0.05) is 12.1 Å². The molecule has 1 atom stereocenters. The van der Waals surface area contributed by atoms with Crippen LogP contribution in [0.2, 0.25) is 0 Å². The molecule has 18 heavy (non-hydrogen) atoms. The Balaban J connectivity index is 2.34. The zero-order valence-corrected chi connectivity index (χ0v) is 9.98. The lowest BCUT2D eigenvalue weighted by Gasteiger charge is -2.13. The molecule has 4 nitrogen and oxygen atoms in total. The van der Waals surface area contributed by atoms with E-state index >= 15 is 0 Å². The van der Waals surface area contributed by atoms with E-state index in [0.29, 0.717) is 17.8 Å². The van der Waals surface area contributed by atoms with Gasteiger partial charge in [0.2, 0.25) is 0 Å². The number of halogens is 2. The van der Waals surface area contributed by atoms with E-state index in [9.17, 15) is 8.78 Å². The first-order valence-electron chi connectivity index (χ1n) is 5.71. The maximum absolute atomic E-state index is 13.1. The van der Waals surface area contributed by atoms with Crippen molar-refractivity contribution < 1.29 is 8.78 Å². The highest BCUT2D eigenvalue weighted by molar-refractivity contribution is 5.27. The second kappa shape index (κ2) is 5.22. The van der Waals surface area contributed by atoms with Crippen molar-refractivity contribution in [2.75, 3.05) is 0 Å². The Morgan fingerprint density at radius 1 is 1.28 bits per heavy atom. The van der Waals surface area contributed by atoms with Crippen molar-refractivity contribution in [3.8, 4) is 0 Å². The van der Waals surface area contributed by atoms with E-state index in [0.717, 1.165) is 12.5 Å². The Bertz CT molecular complexity index is 518. The third kappa shape index (κ3) is 2.53. The minimum absolute atomic E-state index is 0.368. The monoisotopic (exact) mass is 252 g/mol. The number of benzene rings is 1. The lowest BCUT2D eigenvalue weighted by atomic mass is 10.0. The number of nitrogens with two attached hydrogens (primary N) is 1. The molecule has 0 bridgehead atoms. The number of hydrogen-bond donors (Lipinski definition) is 1. The largest absolute Gasteiger partial charge is 0.319 e. The highest BCUT2D eigenvalue weighted by Gasteiger charge is 2.16. The number of hydrogen-bond acceptors (Lipinski definition) is 3. The average molecular weight is 252 g/mol. The summed E-state index contributed by atoms with van der Waals surface area (Å²) in [4.78, 5) is 0.